The number of anilines is 1. The van der Waals surface area contributed by atoms with Crippen molar-refractivity contribution in [3.05, 3.63) is 29.8 Å². The van der Waals surface area contributed by atoms with Crippen LogP contribution in [0.25, 0.3) is 0 Å². The number of rotatable bonds is 3. The molecule has 1 aromatic carbocycles. The Kier molecular flexibility index (Phi) is 7.91. The maximum absolute atomic E-state index is 13.4. The van der Waals surface area contributed by atoms with Crippen LogP contribution in [0.15, 0.2) is 23.2 Å². The molecule has 1 unspecified atom stereocenters. The van der Waals surface area contributed by atoms with Crippen LogP contribution in [-0.2, 0) is 0 Å². The van der Waals surface area contributed by atoms with E-state index < -0.39 is 11.6 Å². The highest BCUT2D eigenvalue weighted by molar-refractivity contribution is 14.0. The van der Waals surface area contributed by atoms with Gasteiger partial charge in [-0.05, 0) is 43.2 Å². The van der Waals surface area contributed by atoms with Crippen molar-refractivity contribution in [1.82, 2.24) is 10.2 Å². The third kappa shape index (κ3) is 5.20. The Balaban J connectivity index is 0.00000243. The number of likely N-dealkylation sites (tertiary alicyclic amines) is 1. The fourth-order valence-corrected chi connectivity index (χ4v) is 3.70. The summed E-state index contributed by atoms with van der Waals surface area (Å²) >= 11 is 0. The Morgan fingerprint density at radius 3 is 2.54 bits per heavy atom. The fraction of sp³-hybridized carbons (Fsp3) is 0.632. The first-order valence-electron chi connectivity index (χ1n) is 9.22. The van der Waals surface area contributed by atoms with Crippen LogP contribution in [-0.4, -0.2) is 50.6 Å². The van der Waals surface area contributed by atoms with Crippen LogP contribution in [0.1, 0.15) is 26.2 Å². The van der Waals surface area contributed by atoms with Crippen LogP contribution in [0.4, 0.5) is 14.5 Å². The Morgan fingerprint density at radius 2 is 1.88 bits per heavy atom. The quantitative estimate of drug-likeness (QED) is 0.408. The molecule has 1 N–H and O–H groups in total. The molecule has 26 heavy (non-hydrogen) atoms. The highest BCUT2D eigenvalue weighted by Crippen LogP contribution is 2.25. The van der Waals surface area contributed by atoms with E-state index in [0.29, 0.717) is 5.92 Å². The van der Waals surface area contributed by atoms with Crippen LogP contribution in [0.3, 0.4) is 0 Å². The van der Waals surface area contributed by atoms with Crippen molar-refractivity contribution in [1.29, 1.82) is 0 Å². The van der Waals surface area contributed by atoms with Crippen molar-refractivity contribution < 1.29 is 8.78 Å². The first-order chi connectivity index (χ1) is 12.1. The number of benzene rings is 1. The zero-order valence-electron chi connectivity index (χ0n) is 15.5. The van der Waals surface area contributed by atoms with Gasteiger partial charge in [-0.1, -0.05) is 6.92 Å². The van der Waals surface area contributed by atoms with Crippen molar-refractivity contribution in [3.8, 4) is 0 Å². The van der Waals surface area contributed by atoms with E-state index in [-0.39, 0.29) is 24.0 Å². The highest BCUT2D eigenvalue weighted by atomic mass is 127. The Morgan fingerprint density at radius 1 is 1.15 bits per heavy atom. The number of nitrogens with one attached hydrogen (secondary N) is 1. The molecule has 4 nitrogen and oxygen atoms in total. The lowest BCUT2D eigenvalue weighted by Crippen LogP contribution is -2.46. The van der Waals surface area contributed by atoms with Gasteiger partial charge in [0.25, 0.3) is 0 Å². The van der Waals surface area contributed by atoms with Crippen LogP contribution < -0.4 is 10.2 Å². The summed E-state index contributed by atoms with van der Waals surface area (Å²) in [6.07, 6.45) is 3.47. The SMILES string of the molecule is CN=C(NCC1CCN(c2ccc(F)c(F)c2)C1)N1CCC(C)CC1.I. The van der Waals surface area contributed by atoms with Gasteiger partial charge in [0.2, 0.25) is 0 Å². The zero-order chi connectivity index (χ0) is 17.8. The number of piperidine rings is 1. The number of aliphatic imine (C=N–C) groups is 1. The normalized spacial score (nSPS) is 21.7. The molecule has 0 amide bonds. The van der Waals surface area contributed by atoms with Crippen LogP contribution in [0.2, 0.25) is 0 Å². The Bertz CT molecular complexity index is 618. The number of hydrogen-bond donors (Lipinski definition) is 1. The van der Waals surface area contributed by atoms with Gasteiger partial charge in [-0.3, -0.25) is 4.99 Å². The van der Waals surface area contributed by atoms with E-state index in [0.717, 1.165) is 56.7 Å². The lowest BCUT2D eigenvalue weighted by Gasteiger charge is -2.33. The van der Waals surface area contributed by atoms with Gasteiger partial charge in [0.1, 0.15) is 0 Å². The van der Waals surface area contributed by atoms with Gasteiger partial charge >= 0.3 is 0 Å². The van der Waals surface area contributed by atoms with E-state index in [9.17, 15) is 8.78 Å². The van der Waals surface area contributed by atoms with Gasteiger partial charge in [0.05, 0.1) is 0 Å². The van der Waals surface area contributed by atoms with Gasteiger partial charge in [-0.2, -0.15) is 0 Å². The zero-order valence-corrected chi connectivity index (χ0v) is 17.9. The predicted molar refractivity (Wildman–Crippen MR) is 113 cm³/mol. The maximum Gasteiger partial charge on any atom is 0.193 e. The van der Waals surface area contributed by atoms with Gasteiger partial charge in [-0.15, -0.1) is 24.0 Å². The number of guanidine groups is 1. The summed E-state index contributed by atoms with van der Waals surface area (Å²) in [5.74, 6) is 0.695. The minimum absolute atomic E-state index is 0. The predicted octanol–water partition coefficient (Wildman–Crippen LogP) is 3.72. The number of hydrogen-bond acceptors (Lipinski definition) is 2. The minimum Gasteiger partial charge on any atom is -0.371 e. The topological polar surface area (TPSA) is 30.9 Å². The van der Waals surface area contributed by atoms with E-state index in [2.05, 4.69) is 27.0 Å². The lowest BCUT2D eigenvalue weighted by atomic mass is 9.99. The molecule has 3 rings (SSSR count). The average Bonchev–Trinajstić information content (AvgIpc) is 3.08. The molecule has 2 fully saturated rings. The first-order valence-corrected chi connectivity index (χ1v) is 9.22. The Hall–Kier alpha value is -1.12. The lowest BCUT2D eigenvalue weighted by molar-refractivity contribution is 0.272. The number of halogens is 3. The second-order valence-corrected chi connectivity index (χ2v) is 7.30. The maximum atomic E-state index is 13.4. The molecule has 0 aromatic heterocycles. The van der Waals surface area contributed by atoms with Crippen molar-refractivity contribution in [2.24, 2.45) is 16.8 Å². The fourth-order valence-electron chi connectivity index (χ4n) is 3.70. The molecule has 0 spiro atoms. The molecule has 146 valence electrons. The third-order valence-electron chi connectivity index (χ3n) is 5.40. The molecule has 2 aliphatic heterocycles. The summed E-state index contributed by atoms with van der Waals surface area (Å²) in [6.45, 7) is 7.01. The van der Waals surface area contributed by atoms with Crippen molar-refractivity contribution in [2.45, 2.75) is 26.2 Å². The summed E-state index contributed by atoms with van der Waals surface area (Å²) in [5, 5.41) is 3.50. The largest absolute Gasteiger partial charge is 0.371 e. The molecular weight excluding hydrogens is 449 g/mol. The van der Waals surface area contributed by atoms with Crippen molar-refractivity contribution >= 4 is 35.6 Å². The van der Waals surface area contributed by atoms with E-state index >= 15 is 0 Å². The smallest absolute Gasteiger partial charge is 0.193 e. The molecule has 1 aromatic rings. The van der Waals surface area contributed by atoms with Crippen LogP contribution in [0, 0.1) is 23.5 Å². The molecule has 2 heterocycles. The minimum atomic E-state index is -0.791. The summed E-state index contributed by atoms with van der Waals surface area (Å²) in [4.78, 5) is 8.88. The van der Waals surface area contributed by atoms with Gasteiger partial charge in [-0.25, -0.2) is 8.78 Å². The average molecular weight is 478 g/mol. The van der Waals surface area contributed by atoms with Crippen LogP contribution in [0.5, 0.6) is 0 Å². The summed E-state index contributed by atoms with van der Waals surface area (Å²) in [7, 11) is 1.84. The summed E-state index contributed by atoms with van der Waals surface area (Å²) in [6, 6.07) is 4.15. The first kappa shape index (κ1) is 21.2. The van der Waals surface area contributed by atoms with Gasteiger partial charge in [0, 0.05) is 51.5 Å². The number of nitrogens with zero attached hydrogens (tertiary/aromatic N) is 3. The highest BCUT2D eigenvalue weighted by Gasteiger charge is 2.25. The van der Waals surface area contributed by atoms with Gasteiger partial charge in [0.15, 0.2) is 17.6 Å². The molecule has 0 radical (unpaired) electrons. The molecule has 0 saturated carbocycles. The molecule has 1 atom stereocenters. The Labute approximate surface area is 172 Å². The van der Waals surface area contributed by atoms with Gasteiger partial charge < -0.3 is 15.1 Å². The second kappa shape index (κ2) is 9.71. The summed E-state index contributed by atoms with van der Waals surface area (Å²) < 4.78 is 26.5. The molecule has 2 saturated heterocycles. The third-order valence-corrected chi connectivity index (χ3v) is 5.40. The summed E-state index contributed by atoms with van der Waals surface area (Å²) in [5.41, 5.74) is 0.760. The molecular formula is C19H29F2IN4. The molecule has 7 heteroatoms. The second-order valence-electron chi connectivity index (χ2n) is 7.30. The standard InChI is InChI=1S/C19H28F2N4.HI/c1-14-5-8-24(9-6-14)19(22-2)23-12-15-7-10-25(13-15)16-3-4-17(20)18(21)11-16;/h3-4,11,14-15H,5-10,12-13H2,1-2H3,(H,22,23);1H. The van der Waals surface area contributed by atoms with E-state index in [1.165, 1.54) is 25.0 Å². The van der Waals surface area contributed by atoms with E-state index in [4.69, 9.17) is 0 Å². The monoisotopic (exact) mass is 478 g/mol. The molecule has 0 aliphatic carbocycles. The van der Waals surface area contributed by atoms with Crippen molar-refractivity contribution in [2.75, 3.05) is 44.7 Å². The molecule has 0 bridgehead atoms. The molecule has 2 aliphatic rings. The van der Waals surface area contributed by atoms with E-state index in [1.807, 2.05) is 7.05 Å². The van der Waals surface area contributed by atoms with Crippen LogP contribution >= 0.6 is 24.0 Å². The van der Waals surface area contributed by atoms with E-state index in [1.54, 1.807) is 6.07 Å². The van der Waals surface area contributed by atoms with Crippen molar-refractivity contribution in [3.63, 3.8) is 0 Å².